The predicted octanol–water partition coefficient (Wildman–Crippen LogP) is 4.51. The number of carbonyl (C=O) groups excluding carboxylic acids is 1. The normalized spacial score (nSPS) is 22.0. The van der Waals surface area contributed by atoms with E-state index in [9.17, 15) is 4.79 Å². The molecule has 1 fully saturated rings. The highest BCUT2D eigenvalue weighted by Crippen LogP contribution is 2.32. The van der Waals surface area contributed by atoms with Crippen LogP contribution in [0.1, 0.15) is 65.2 Å². The molecule has 0 heterocycles. The maximum atomic E-state index is 12.0. The third kappa shape index (κ3) is 8.25. The molecule has 122 valence electrons. The van der Waals surface area contributed by atoms with Crippen LogP contribution in [0.5, 0.6) is 0 Å². The molecule has 0 saturated heterocycles. The first-order valence-electron chi connectivity index (χ1n) is 8.52. The third-order valence-corrected chi connectivity index (χ3v) is 4.15. The van der Waals surface area contributed by atoms with E-state index in [0.29, 0.717) is 19.8 Å². The number of hydrogen-bond donors (Lipinski definition) is 0. The maximum absolute atomic E-state index is 12.0. The van der Waals surface area contributed by atoms with Crippen molar-refractivity contribution >= 4 is 5.97 Å². The SMILES string of the molecule is C=C(C)COCCCCOC(=O)C1CCC(CCC)CC1. The van der Waals surface area contributed by atoms with E-state index in [1.54, 1.807) is 0 Å². The van der Waals surface area contributed by atoms with Gasteiger partial charge in [0.05, 0.1) is 19.1 Å². The van der Waals surface area contributed by atoms with Crippen molar-refractivity contribution in [1.29, 1.82) is 0 Å². The van der Waals surface area contributed by atoms with Crippen LogP contribution in [0, 0.1) is 11.8 Å². The van der Waals surface area contributed by atoms with Crippen LogP contribution in [0.15, 0.2) is 12.2 Å². The lowest BCUT2D eigenvalue weighted by Gasteiger charge is -2.26. The zero-order valence-corrected chi connectivity index (χ0v) is 13.9. The Kier molecular flexibility index (Phi) is 9.40. The van der Waals surface area contributed by atoms with Gasteiger partial charge < -0.3 is 9.47 Å². The number of esters is 1. The van der Waals surface area contributed by atoms with Crippen molar-refractivity contribution in [1.82, 2.24) is 0 Å². The molecule has 0 spiro atoms. The highest BCUT2D eigenvalue weighted by molar-refractivity contribution is 5.72. The van der Waals surface area contributed by atoms with E-state index < -0.39 is 0 Å². The molecule has 0 radical (unpaired) electrons. The van der Waals surface area contributed by atoms with Crippen LogP contribution in [0.4, 0.5) is 0 Å². The number of carbonyl (C=O) groups is 1. The van der Waals surface area contributed by atoms with Crippen molar-refractivity contribution in [2.75, 3.05) is 19.8 Å². The first kappa shape index (κ1) is 18.2. The number of unbranched alkanes of at least 4 members (excludes halogenated alkanes) is 1. The fourth-order valence-corrected chi connectivity index (χ4v) is 2.94. The minimum atomic E-state index is 0.0211. The zero-order valence-electron chi connectivity index (χ0n) is 13.9. The summed E-state index contributed by atoms with van der Waals surface area (Å²) in [5.41, 5.74) is 1.04. The molecule has 3 nitrogen and oxygen atoms in total. The van der Waals surface area contributed by atoms with Crippen molar-refractivity contribution < 1.29 is 14.3 Å². The van der Waals surface area contributed by atoms with Crippen molar-refractivity contribution in [3.05, 3.63) is 12.2 Å². The summed E-state index contributed by atoms with van der Waals surface area (Å²) in [5.74, 6) is 1.01. The second-order valence-electron chi connectivity index (χ2n) is 6.39. The zero-order chi connectivity index (χ0) is 15.5. The summed E-state index contributed by atoms with van der Waals surface area (Å²) in [6.45, 7) is 9.85. The summed E-state index contributed by atoms with van der Waals surface area (Å²) in [7, 11) is 0. The average Bonchev–Trinajstić information content (AvgIpc) is 2.47. The van der Waals surface area contributed by atoms with Crippen LogP contribution >= 0.6 is 0 Å². The summed E-state index contributed by atoms with van der Waals surface area (Å²) in [5, 5.41) is 0. The Bertz CT molecular complexity index is 304. The molecule has 0 bridgehead atoms. The Morgan fingerprint density at radius 2 is 1.81 bits per heavy atom. The van der Waals surface area contributed by atoms with Crippen LogP contribution in [-0.4, -0.2) is 25.8 Å². The van der Waals surface area contributed by atoms with E-state index >= 15 is 0 Å². The van der Waals surface area contributed by atoms with Gasteiger partial charge >= 0.3 is 5.97 Å². The highest BCUT2D eigenvalue weighted by atomic mass is 16.5. The molecule has 1 aliphatic carbocycles. The molecule has 0 atom stereocenters. The van der Waals surface area contributed by atoms with E-state index in [0.717, 1.165) is 37.2 Å². The lowest BCUT2D eigenvalue weighted by atomic mass is 9.80. The fraction of sp³-hybridized carbons (Fsp3) is 0.833. The van der Waals surface area contributed by atoms with Crippen LogP contribution < -0.4 is 0 Å². The Hall–Kier alpha value is -0.830. The molecular weight excluding hydrogens is 264 g/mol. The van der Waals surface area contributed by atoms with Crippen molar-refractivity contribution in [2.24, 2.45) is 11.8 Å². The molecular formula is C18H32O3. The predicted molar refractivity (Wildman–Crippen MR) is 86.2 cm³/mol. The minimum Gasteiger partial charge on any atom is -0.465 e. The molecule has 0 aromatic carbocycles. The van der Waals surface area contributed by atoms with Crippen LogP contribution in [0.3, 0.4) is 0 Å². The van der Waals surface area contributed by atoms with Crippen LogP contribution in [0.25, 0.3) is 0 Å². The third-order valence-electron chi connectivity index (χ3n) is 4.15. The second kappa shape index (κ2) is 10.8. The van der Waals surface area contributed by atoms with Gasteiger partial charge in [-0.25, -0.2) is 0 Å². The van der Waals surface area contributed by atoms with Gasteiger partial charge in [0.25, 0.3) is 0 Å². The Balaban J connectivity index is 2.00. The monoisotopic (exact) mass is 296 g/mol. The van der Waals surface area contributed by atoms with Gasteiger partial charge in [0.2, 0.25) is 0 Å². The van der Waals surface area contributed by atoms with Crippen molar-refractivity contribution in [2.45, 2.75) is 65.2 Å². The van der Waals surface area contributed by atoms with E-state index in [1.807, 2.05) is 6.92 Å². The number of rotatable bonds is 10. The fourth-order valence-electron chi connectivity index (χ4n) is 2.94. The van der Waals surface area contributed by atoms with E-state index in [1.165, 1.54) is 25.7 Å². The van der Waals surface area contributed by atoms with Gasteiger partial charge in [-0.15, -0.1) is 0 Å². The largest absolute Gasteiger partial charge is 0.465 e. The molecule has 1 aliphatic rings. The lowest BCUT2D eigenvalue weighted by Crippen LogP contribution is -2.24. The van der Waals surface area contributed by atoms with Gasteiger partial charge in [0.15, 0.2) is 0 Å². The summed E-state index contributed by atoms with van der Waals surface area (Å²) >= 11 is 0. The first-order valence-corrected chi connectivity index (χ1v) is 8.52. The van der Waals surface area contributed by atoms with Gasteiger partial charge in [-0.1, -0.05) is 31.9 Å². The molecule has 0 aromatic heterocycles. The highest BCUT2D eigenvalue weighted by Gasteiger charge is 2.26. The Morgan fingerprint density at radius 1 is 1.14 bits per heavy atom. The van der Waals surface area contributed by atoms with Crippen LogP contribution in [0.2, 0.25) is 0 Å². The van der Waals surface area contributed by atoms with Crippen molar-refractivity contribution in [3.8, 4) is 0 Å². The quantitative estimate of drug-likeness (QED) is 0.338. The smallest absolute Gasteiger partial charge is 0.308 e. The topological polar surface area (TPSA) is 35.5 Å². The average molecular weight is 296 g/mol. The van der Waals surface area contributed by atoms with Gasteiger partial charge in [0, 0.05) is 6.61 Å². The molecule has 21 heavy (non-hydrogen) atoms. The lowest BCUT2D eigenvalue weighted by molar-refractivity contribution is -0.150. The molecule has 1 saturated carbocycles. The molecule has 0 amide bonds. The maximum Gasteiger partial charge on any atom is 0.308 e. The summed E-state index contributed by atoms with van der Waals surface area (Å²) < 4.78 is 10.8. The Labute approximate surface area is 130 Å². The van der Waals surface area contributed by atoms with Crippen molar-refractivity contribution in [3.63, 3.8) is 0 Å². The molecule has 0 aliphatic heterocycles. The van der Waals surface area contributed by atoms with E-state index in [2.05, 4.69) is 13.5 Å². The minimum absolute atomic E-state index is 0.0211. The standard InChI is InChI=1S/C18H32O3/c1-4-7-16-8-10-17(11-9-16)18(19)21-13-6-5-12-20-14-15(2)3/h16-17H,2,4-14H2,1,3H3. The number of hydrogen-bond acceptors (Lipinski definition) is 3. The van der Waals surface area contributed by atoms with E-state index in [-0.39, 0.29) is 11.9 Å². The van der Waals surface area contributed by atoms with E-state index in [4.69, 9.17) is 9.47 Å². The van der Waals surface area contributed by atoms with Gasteiger partial charge in [-0.2, -0.15) is 0 Å². The summed E-state index contributed by atoms with van der Waals surface area (Å²) in [4.78, 5) is 12.0. The first-order chi connectivity index (χ1) is 10.1. The van der Waals surface area contributed by atoms with Crippen LogP contribution in [-0.2, 0) is 14.3 Å². The molecule has 0 aromatic rings. The summed E-state index contributed by atoms with van der Waals surface area (Å²) in [6, 6.07) is 0. The Morgan fingerprint density at radius 3 is 2.43 bits per heavy atom. The van der Waals surface area contributed by atoms with Gasteiger partial charge in [-0.3, -0.25) is 4.79 Å². The van der Waals surface area contributed by atoms with Gasteiger partial charge in [-0.05, 0) is 51.4 Å². The molecule has 3 heteroatoms. The molecule has 1 rings (SSSR count). The number of ether oxygens (including phenoxy) is 2. The second-order valence-corrected chi connectivity index (χ2v) is 6.39. The molecule has 0 N–H and O–H groups in total. The van der Waals surface area contributed by atoms with Gasteiger partial charge in [0.1, 0.15) is 0 Å². The molecule has 0 unspecified atom stereocenters. The summed E-state index contributed by atoms with van der Waals surface area (Å²) in [6.07, 6.45) is 8.82.